The normalized spacial score (nSPS) is 14.0. The topological polar surface area (TPSA) is 0 Å². The highest BCUT2D eigenvalue weighted by Gasteiger charge is 2.34. The molecule has 0 saturated carbocycles. The molecule has 0 fully saturated rings. The Bertz CT molecular complexity index is 344. The first-order chi connectivity index (χ1) is 6.88. The molecule has 0 spiro atoms. The van der Waals surface area contributed by atoms with E-state index in [9.17, 15) is 13.2 Å². The molecule has 0 heterocycles. The molecule has 0 aromatic heterocycles. The molecule has 1 rings (SSSR count). The minimum atomic E-state index is -4.33. The van der Waals surface area contributed by atoms with Gasteiger partial charge < -0.3 is 0 Å². The standard InChI is InChI=1S/C11H12ClF3/c1-3-7(2)10-8(11(13,14)15)5-4-6-9(10)12/h4-7H,3H2,1-2H3. The van der Waals surface area contributed by atoms with E-state index in [1.54, 1.807) is 6.92 Å². The van der Waals surface area contributed by atoms with Crippen LogP contribution in [-0.4, -0.2) is 0 Å². The Morgan fingerprint density at radius 2 is 1.93 bits per heavy atom. The number of hydrogen-bond acceptors (Lipinski definition) is 0. The molecule has 1 atom stereocenters. The average Bonchev–Trinajstić information content (AvgIpc) is 2.15. The number of benzene rings is 1. The quantitative estimate of drug-likeness (QED) is 0.687. The summed E-state index contributed by atoms with van der Waals surface area (Å²) in [6.07, 6.45) is -3.70. The Morgan fingerprint density at radius 3 is 2.40 bits per heavy atom. The van der Waals surface area contributed by atoms with Crippen LogP contribution in [0.15, 0.2) is 18.2 Å². The van der Waals surface area contributed by atoms with E-state index in [1.807, 2.05) is 6.92 Å². The van der Waals surface area contributed by atoms with Gasteiger partial charge in [-0.2, -0.15) is 13.2 Å². The number of halogens is 4. The van der Waals surface area contributed by atoms with E-state index >= 15 is 0 Å². The van der Waals surface area contributed by atoms with E-state index in [0.717, 1.165) is 6.07 Å². The summed E-state index contributed by atoms with van der Waals surface area (Å²) in [5.74, 6) is -0.185. The molecule has 1 unspecified atom stereocenters. The maximum absolute atomic E-state index is 12.7. The first-order valence-electron chi connectivity index (χ1n) is 4.73. The summed E-state index contributed by atoms with van der Waals surface area (Å²) < 4.78 is 38.0. The maximum Gasteiger partial charge on any atom is 0.416 e. The third kappa shape index (κ3) is 2.65. The van der Waals surface area contributed by atoms with Gasteiger partial charge in [0.2, 0.25) is 0 Å². The molecule has 1 aromatic rings. The first-order valence-corrected chi connectivity index (χ1v) is 5.11. The molecule has 15 heavy (non-hydrogen) atoms. The smallest absolute Gasteiger partial charge is 0.166 e. The third-order valence-corrected chi connectivity index (χ3v) is 2.79. The Morgan fingerprint density at radius 1 is 1.33 bits per heavy atom. The zero-order valence-corrected chi connectivity index (χ0v) is 9.28. The molecule has 0 bridgehead atoms. The Kier molecular flexibility index (Phi) is 3.66. The van der Waals surface area contributed by atoms with Crippen LogP contribution in [0.4, 0.5) is 13.2 Å². The zero-order valence-electron chi connectivity index (χ0n) is 8.53. The molecule has 1 aromatic carbocycles. The summed E-state index contributed by atoms with van der Waals surface area (Å²) in [6.45, 7) is 3.59. The molecule has 0 aliphatic carbocycles. The van der Waals surface area contributed by atoms with Gasteiger partial charge in [-0.25, -0.2) is 0 Å². The van der Waals surface area contributed by atoms with E-state index in [0.29, 0.717) is 6.42 Å². The van der Waals surface area contributed by atoms with Gasteiger partial charge in [-0.05, 0) is 30.0 Å². The van der Waals surface area contributed by atoms with Crippen LogP contribution in [0.2, 0.25) is 5.02 Å². The fourth-order valence-corrected chi connectivity index (χ4v) is 1.85. The lowest BCUT2D eigenvalue weighted by molar-refractivity contribution is -0.138. The van der Waals surface area contributed by atoms with Gasteiger partial charge in [0.25, 0.3) is 0 Å². The second kappa shape index (κ2) is 4.44. The van der Waals surface area contributed by atoms with Crippen LogP contribution >= 0.6 is 11.6 Å². The molecule has 0 radical (unpaired) electrons. The van der Waals surface area contributed by atoms with Gasteiger partial charge in [0.15, 0.2) is 0 Å². The van der Waals surface area contributed by atoms with Crippen molar-refractivity contribution in [1.29, 1.82) is 0 Å². The van der Waals surface area contributed by atoms with Crippen LogP contribution in [0, 0.1) is 0 Å². The average molecular weight is 237 g/mol. The van der Waals surface area contributed by atoms with Crippen molar-refractivity contribution in [2.45, 2.75) is 32.4 Å². The molecule has 0 aliphatic heterocycles. The van der Waals surface area contributed by atoms with Gasteiger partial charge in [-0.3, -0.25) is 0 Å². The largest absolute Gasteiger partial charge is 0.416 e. The van der Waals surface area contributed by atoms with Crippen molar-refractivity contribution in [3.05, 3.63) is 34.3 Å². The van der Waals surface area contributed by atoms with Crippen LogP contribution in [0.3, 0.4) is 0 Å². The molecule has 0 saturated heterocycles. The highest BCUT2D eigenvalue weighted by atomic mass is 35.5. The van der Waals surface area contributed by atoms with Gasteiger partial charge in [-0.15, -0.1) is 0 Å². The van der Waals surface area contributed by atoms with E-state index in [-0.39, 0.29) is 16.5 Å². The minimum absolute atomic E-state index is 0.185. The molecule has 84 valence electrons. The molecule has 0 nitrogen and oxygen atoms in total. The van der Waals surface area contributed by atoms with E-state index < -0.39 is 11.7 Å². The second-order valence-electron chi connectivity index (χ2n) is 3.51. The molecular formula is C11H12ClF3. The Labute approximate surface area is 92.1 Å². The fourth-order valence-electron chi connectivity index (χ4n) is 1.49. The van der Waals surface area contributed by atoms with Crippen LogP contribution in [0.25, 0.3) is 0 Å². The Balaban J connectivity index is 3.33. The molecule has 4 heteroatoms. The van der Waals surface area contributed by atoms with Crippen molar-refractivity contribution in [2.24, 2.45) is 0 Å². The predicted molar refractivity (Wildman–Crippen MR) is 55.2 cm³/mol. The van der Waals surface area contributed by atoms with Crippen molar-refractivity contribution >= 4 is 11.6 Å². The highest BCUT2D eigenvalue weighted by molar-refractivity contribution is 6.31. The summed E-state index contributed by atoms with van der Waals surface area (Å²) >= 11 is 5.81. The van der Waals surface area contributed by atoms with Gasteiger partial charge in [-0.1, -0.05) is 31.5 Å². The lowest BCUT2D eigenvalue weighted by Crippen LogP contribution is -2.11. The SMILES string of the molecule is CCC(C)c1c(Cl)cccc1C(F)(F)F. The van der Waals surface area contributed by atoms with Gasteiger partial charge in [0.05, 0.1) is 5.56 Å². The van der Waals surface area contributed by atoms with Crippen LogP contribution in [0.1, 0.15) is 37.3 Å². The van der Waals surface area contributed by atoms with E-state index in [2.05, 4.69) is 0 Å². The monoisotopic (exact) mass is 236 g/mol. The van der Waals surface area contributed by atoms with Crippen molar-refractivity contribution in [3.63, 3.8) is 0 Å². The predicted octanol–water partition coefficient (Wildman–Crippen LogP) is 4.87. The van der Waals surface area contributed by atoms with Crippen LogP contribution < -0.4 is 0 Å². The summed E-state index contributed by atoms with van der Waals surface area (Å²) in [7, 11) is 0. The highest BCUT2D eigenvalue weighted by Crippen LogP contribution is 2.39. The van der Waals surface area contributed by atoms with Crippen LogP contribution in [-0.2, 0) is 6.18 Å². The zero-order chi connectivity index (χ0) is 11.6. The number of hydrogen-bond donors (Lipinski definition) is 0. The third-order valence-electron chi connectivity index (χ3n) is 2.46. The first kappa shape index (κ1) is 12.4. The number of rotatable bonds is 2. The van der Waals surface area contributed by atoms with Gasteiger partial charge in [0, 0.05) is 5.02 Å². The van der Waals surface area contributed by atoms with Crippen molar-refractivity contribution in [1.82, 2.24) is 0 Å². The number of alkyl halides is 3. The molecule has 0 N–H and O–H groups in total. The fraction of sp³-hybridized carbons (Fsp3) is 0.455. The summed E-state index contributed by atoms with van der Waals surface area (Å²) in [6, 6.07) is 3.91. The van der Waals surface area contributed by atoms with Gasteiger partial charge >= 0.3 is 6.18 Å². The van der Waals surface area contributed by atoms with Gasteiger partial charge in [0.1, 0.15) is 0 Å². The Hall–Kier alpha value is -0.700. The van der Waals surface area contributed by atoms with Crippen molar-refractivity contribution < 1.29 is 13.2 Å². The molecule has 0 amide bonds. The second-order valence-corrected chi connectivity index (χ2v) is 3.92. The molecular weight excluding hydrogens is 225 g/mol. The van der Waals surface area contributed by atoms with Crippen molar-refractivity contribution in [2.75, 3.05) is 0 Å². The maximum atomic E-state index is 12.7. The van der Waals surface area contributed by atoms with E-state index in [1.165, 1.54) is 12.1 Å². The lowest BCUT2D eigenvalue weighted by Gasteiger charge is -2.18. The summed E-state index contributed by atoms with van der Waals surface area (Å²) in [5, 5.41) is 0.194. The summed E-state index contributed by atoms with van der Waals surface area (Å²) in [5.41, 5.74) is -0.418. The lowest BCUT2D eigenvalue weighted by atomic mass is 9.93. The van der Waals surface area contributed by atoms with Crippen molar-refractivity contribution in [3.8, 4) is 0 Å². The summed E-state index contributed by atoms with van der Waals surface area (Å²) in [4.78, 5) is 0. The van der Waals surface area contributed by atoms with E-state index in [4.69, 9.17) is 11.6 Å². The van der Waals surface area contributed by atoms with Crippen LogP contribution in [0.5, 0.6) is 0 Å². The molecule has 0 aliphatic rings. The minimum Gasteiger partial charge on any atom is -0.166 e.